The van der Waals surface area contributed by atoms with Crippen molar-refractivity contribution in [2.24, 2.45) is 0 Å². The van der Waals surface area contributed by atoms with Gasteiger partial charge in [0, 0.05) is 25.9 Å². The van der Waals surface area contributed by atoms with Gasteiger partial charge < -0.3 is 0 Å². The topological polar surface area (TPSA) is 28.2 Å². The summed E-state index contributed by atoms with van der Waals surface area (Å²) in [5.41, 5.74) is 4.03. The Bertz CT molecular complexity index is 520. The number of nitrogens with zero attached hydrogens (tertiary/aromatic N) is 2. The molecule has 1 aromatic carbocycles. The van der Waals surface area contributed by atoms with E-state index in [4.69, 9.17) is 23.2 Å². The first-order valence-electron chi connectivity index (χ1n) is 5.38. The van der Waals surface area contributed by atoms with E-state index < -0.39 is 0 Å². The highest BCUT2D eigenvalue weighted by molar-refractivity contribution is 7.15. The molecule has 1 N–H and O–H groups in total. The molecule has 1 aromatic heterocycles. The van der Waals surface area contributed by atoms with Crippen molar-refractivity contribution in [3.05, 3.63) is 39.4 Å². The van der Waals surface area contributed by atoms with Crippen LogP contribution in [0, 0.1) is 0 Å². The van der Waals surface area contributed by atoms with Crippen molar-refractivity contribution in [1.82, 2.24) is 15.4 Å². The fourth-order valence-electron chi connectivity index (χ4n) is 1.47. The molecular formula is C12H13Cl2N3S. The Morgan fingerprint density at radius 2 is 1.94 bits per heavy atom. The molecule has 0 unspecified atom stereocenters. The van der Waals surface area contributed by atoms with Gasteiger partial charge in [-0.05, 0) is 12.1 Å². The highest BCUT2D eigenvalue weighted by atomic mass is 35.5. The second kappa shape index (κ2) is 5.99. The Labute approximate surface area is 120 Å². The van der Waals surface area contributed by atoms with Crippen LogP contribution in [0.3, 0.4) is 0 Å². The average Bonchev–Trinajstić information content (AvgIpc) is 2.75. The van der Waals surface area contributed by atoms with Crippen molar-refractivity contribution in [3.8, 4) is 10.4 Å². The predicted molar refractivity (Wildman–Crippen MR) is 78.1 cm³/mol. The molecule has 0 fully saturated rings. The summed E-state index contributed by atoms with van der Waals surface area (Å²) < 4.78 is 0. The number of halogens is 2. The first kappa shape index (κ1) is 13.8. The number of hydrogen-bond acceptors (Lipinski definition) is 4. The van der Waals surface area contributed by atoms with Crippen LogP contribution in [0.1, 0.15) is 5.01 Å². The van der Waals surface area contributed by atoms with E-state index in [0.29, 0.717) is 16.6 Å². The number of hydrazine groups is 1. The number of rotatable bonds is 4. The molecule has 0 amide bonds. The summed E-state index contributed by atoms with van der Waals surface area (Å²) in [4.78, 5) is 5.35. The lowest BCUT2D eigenvalue weighted by atomic mass is 10.2. The van der Waals surface area contributed by atoms with Crippen molar-refractivity contribution < 1.29 is 0 Å². The van der Waals surface area contributed by atoms with E-state index in [2.05, 4.69) is 10.4 Å². The van der Waals surface area contributed by atoms with E-state index in [1.165, 1.54) is 0 Å². The molecule has 3 nitrogen and oxygen atoms in total. The smallest absolute Gasteiger partial charge is 0.108 e. The zero-order valence-electron chi connectivity index (χ0n) is 10.1. The van der Waals surface area contributed by atoms with Gasteiger partial charge in [0.2, 0.25) is 0 Å². The van der Waals surface area contributed by atoms with Crippen LogP contribution in [0.15, 0.2) is 24.4 Å². The van der Waals surface area contributed by atoms with Gasteiger partial charge in [-0.3, -0.25) is 5.01 Å². The molecule has 0 bridgehead atoms. The third-order valence-electron chi connectivity index (χ3n) is 2.31. The number of benzene rings is 1. The van der Waals surface area contributed by atoms with Gasteiger partial charge in [0.25, 0.3) is 0 Å². The minimum atomic E-state index is 0.651. The van der Waals surface area contributed by atoms with Gasteiger partial charge in [-0.25, -0.2) is 10.4 Å². The van der Waals surface area contributed by atoms with Gasteiger partial charge in [0.15, 0.2) is 0 Å². The molecule has 0 aliphatic heterocycles. The number of thiazole rings is 1. The van der Waals surface area contributed by atoms with E-state index in [1.54, 1.807) is 11.3 Å². The summed E-state index contributed by atoms with van der Waals surface area (Å²) in [5, 5.41) is 4.19. The van der Waals surface area contributed by atoms with Crippen LogP contribution in [-0.4, -0.2) is 24.1 Å². The Balaban J connectivity index is 2.24. The molecule has 0 atom stereocenters. The van der Waals surface area contributed by atoms with E-state index in [9.17, 15) is 0 Å². The van der Waals surface area contributed by atoms with Gasteiger partial charge in [-0.2, -0.15) is 0 Å². The van der Waals surface area contributed by atoms with Gasteiger partial charge in [0.05, 0.1) is 21.5 Å². The van der Waals surface area contributed by atoms with Crippen LogP contribution in [0.5, 0.6) is 0 Å². The normalized spacial score (nSPS) is 11.2. The fourth-order valence-corrected chi connectivity index (χ4v) is 3.10. The summed E-state index contributed by atoms with van der Waals surface area (Å²) >= 11 is 13.9. The Hall–Kier alpha value is -0.650. The van der Waals surface area contributed by atoms with E-state index in [-0.39, 0.29) is 0 Å². The van der Waals surface area contributed by atoms with Crippen molar-refractivity contribution in [2.75, 3.05) is 14.1 Å². The monoisotopic (exact) mass is 301 g/mol. The lowest BCUT2D eigenvalue weighted by Gasteiger charge is -2.09. The lowest BCUT2D eigenvalue weighted by Crippen LogP contribution is -2.29. The minimum absolute atomic E-state index is 0.651. The Morgan fingerprint density at radius 3 is 2.56 bits per heavy atom. The fraction of sp³-hybridized carbons (Fsp3) is 0.250. The maximum absolute atomic E-state index is 6.17. The zero-order valence-corrected chi connectivity index (χ0v) is 12.4. The number of nitrogens with one attached hydrogen (secondary N) is 1. The lowest BCUT2D eigenvalue weighted by molar-refractivity contribution is 0.286. The first-order chi connectivity index (χ1) is 8.58. The van der Waals surface area contributed by atoms with E-state index in [1.807, 2.05) is 43.5 Å². The van der Waals surface area contributed by atoms with Crippen molar-refractivity contribution >= 4 is 34.5 Å². The minimum Gasteiger partial charge on any atom is -0.250 e. The highest BCUT2D eigenvalue weighted by Gasteiger charge is 2.11. The molecule has 1 heterocycles. The molecule has 0 aliphatic rings. The molecule has 2 rings (SSSR count). The third kappa shape index (κ3) is 3.22. The maximum Gasteiger partial charge on any atom is 0.108 e. The summed E-state index contributed by atoms with van der Waals surface area (Å²) in [6.07, 6.45) is 1.81. The summed E-state index contributed by atoms with van der Waals surface area (Å²) in [6, 6.07) is 5.50. The largest absolute Gasteiger partial charge is 0.250 e. The van der Waals surface area contributed by atoms with Crippen molar-refractivity contribution in [1.29, 1.82) is 0 Å². The molecule has 0 aliphatic carbocycles. The SMILES string of the molecule is CN(C)NCc1ncc(-c2c(Cl)cccc2Cl)s1. The average molecular weight is 302 g/mol. The number of hydrogen-bond donors (Lipinski definition) is 1. The van der Waals surface area contributed by atoms with Gasteiger partial charge in [-0.1, -0.05) is 29.3 Å². The van der Waals surface area contributed by atoms with Gasteiger partial charge in [0.1, 0.15) is 5.01 Å². The van der Waals surface area contributed by atoms with Crippen LogP contribution in [0.25, 0.3) is 10.4 Å². The van der Waals surface area contributed by atoms with Crippen LogP contribution >= 0.6 is 34.5 Å². The van der Waals surface area contributed by atoms with Crippen LogP contribution in [-0.2, 0) is 6.54 Å². The van der Waals surface area contributed by atoms with Crippen molar-refractivity contribution in [2.45, 2.75) is 6.54 Å². The summed E-state index contributed by atoms with van der Waals surface area (Å²) in [7, 11) is 3.89. The summed E-state index contributed by atoms with van der Waals surface area (Å²) in [5.74, 6) is 0. The second-order valence-corrected chi connectivity index (χ2v) is 5.87. The quantitative estimate of drug-likeness (QED) is 0.873. The molecule has 0 radical (unpaired) electrons. The van der Waals surface area contributed by atoms with Crippen molar-refractivity contribution in [3.63, 3.8) is 0 Å². The van der Waals surface area contributed by atoms with Gasteiger partial charge >= 0.3 is 0 Å². The van der Waals surface area contributed by atoms with Crippen LogP contribution in [0.4, 0.5) is 0 Å². The molecule has 2 aromatic rings. The first-order valence-corrected chi connectivity index (χ1v) is 6.95. The van der Waals surface area contributed by atoms with E-state index >= 15 is 0 Å². The van der Waals surface area contributed by atoms with Crippen LogP contribution in [0.2, 0.25) is 10.0 Å². The summed E-state index contributed by atoms with van der Waals surface area (Å²) in [6.45, 7) is 0.694. The Kier molecular flexibility index (Phi) is 4.59. The molecule has 0 saturated heterocycles. The molecule has 0 spiro atoms. The molecule has 96 valence electrons. The molecular weight excluding hydrogens is 289 g/mol. The van der Waals surface area contributed by atoms with Crippen LogP contribution < -0.4 is 5.43 Å². The molecule has 18 heavy (non-hydrogen) atoms. The molecule has 0 saturated carbocycles. The Morgan fingerprint density at radius 1 is 1.28 bits per heavy atom. The third-order valence-corrected chi connectivity index (χ3v) is 3.95. The highest BCUT2D eigenvalue weighted by Crippen LogP contribution is 2.37. The predicted octanol–water partition coefficient (Wildman–Crippen LogP) is 3.68. The zero-order chi connectivity index (χ0) is 13.1. The van der Waals surface area contributed by atoms with E-state index in [0.717, 1.165) is 15.4 Å². The van der Waals surface area contributed by atoms with Gasteiger partial charge in [-0.15, -0.1) is 11.3 Å². The number of aromatic nitrogens is 1. The molecule has 6 heteroatoms. The second-order valence-electron chi connectivity index (χ2n) is 3.94. The standard InChI is InChI=1S/C12H13Cl2N3S/c1-17(2)16-7-11-15-6-10(18-11)12-8(13)4-3-5-9(12)14/h3-6,16H,7H2,1-2H3. The maximum atomic E-state index is 6.17.